The van der Waals surface area contributed by atoms with Gasteiger partial charge in [-0.15, -0.1) is 6.42 Å². The molecule has 0 saturated carbocycles. The van der Waals surface area contributed by atoms with E-state index < -0.39 is 10.0 Å². The van der Waals surface area contributed by atoms with E-state index in [1.165, 1.54) is 4.31 Å². The highest BCUT2D eigenvalue weighted by Crippen LogP contribution is 2.46. The van der Waals surface area contributed by atoms with Crippen molar-refractivity contribution < 1.29 is 13.2 Å². The Kier molecular flexibility index (Phi) is 4.57. The van der Waals surface area contributed by atoms with E-state index >= 15 is 0 Å². The summed E-state index contributed by atoms with van der Waals surface area (Å²) >= 11 is 0. The fraction of sp³-hybridized carbons (Fsp3) is 0.391. The molecule has 7 nitrogen and oxygen atoms in total. The lowest BCUT2D eigenvalue weighted by atomic mass is 9.75. The van der Waals surface area contributed by atoms with Gasteiger partial charge in [0.2, 0.25) is 15.9 Å². The number of rotatable bonds is 2. The highest BCUT2D eigenvalue weighted by molar-refractivity contribution is 7.92. The minimum Gasteiger partial charge on any atom is -0.349 e. The lowest BCUT2D eigenvalue weighted by molar-refractivity contribution is -0.128. The van der Waals surface area contributed by atoms with Crippen molar-refractivity contribution in [1.82, 2.24) is 15.6 Å². The first-order valence-electron chi connectivity index (χ1n) is 10.4. The number of carbonyl (C=O) groups is 1. The second-order valence-corrected chi connectivity index (χ2v) is 10.6. The van der Waals surface area contributed by atoms with Crippen LogP contribution in [-0.4, -0.2) is 39.4 Å². The van der Waals surface area contributed by atoms with Gasteiger partial charge in [0.25, 0.3) is 0 Å². The van der Waals surface area contributed by atoms with Gasteiger partial charge in [0.15, 0.2) is 0 Å². The molecule has 160 valence electrons. The third-order valence-electron chi connectivity index (χ3n) is 6.92. The Labute approximate surface area is 182 Å². The van der Waals surface area contributed by atoms with Crippen LogP contribution in [0.15, 0.2) is 30.6 Å². The molecule has 1 amide bonds. The first kappa shape index (κ1) is 20.0. The van der Waals surface area contributed by atoms with E-state index in [9.17, 15) is 13.2 Å². The van der Waals surface area contributed by atoms with Gasteiger partial charge in [0, 0.05) is 36.1 Å². The lowest BCUT2D eigenvalue weighted by Crippen LogP contribution is -2.41. The van der Waals surface area contributed by atoms with Crippen molar-refractivity contribution in [2.24, 2.45) is 5.41 Å². The van der Waals surface area contributed by atoms with Crippen molar-refractivity contribution >= 4 is 21.6 Å². The van der Waals surface area contributed by atoms with E-state index in [-0.39, 0.29) is 23.1 Å². The molecule has 1 atom stereocenters. The molecule has 2 saturated heterocycles. The van der Waals surface area contributed by atoms with Crippen molar-refractivity contribution in [1.29, 1.82) is 0 Å². The van der Waals surface area contributed by atoms with Gasteiger partial charge in [0.05, 0.1) is 22.9 Å². The fourth-order valence-electron chi connectivity index (χ4n) is 5.17. The molecule has 1 aromatic heterocycles. The molecule has 2 aromatic rings. The summed E-state index contributed by atoms with van der Waals surface area (Å²) in [6.45, 7) is 1.66. The number of anilines is 1. The molecule has 0 radical (unpaired) electrons. The predicted molar refractivity (Wildman–Crippen MR) is 119 cm³/mol. The summed E-state index contributed by atoms with van der Waals surface area (Å²) in [5, 5.41) is 6.52. The zero-order chi connectivity index (χ0) is 21.8. The highest BCUT2D eigenvalue weighted by Gasteiger charge is 2.48. The number of fused-ring (bicyclic) bond motifs is 1. The number of aromatic nitrogens is 1. The van der Waals surface area contributed by atoms with E-state index in [1.54, 1.807) is 19.4 Å². The monoisotopic (exact) mass is 436 g/mol. The molecule has 1 aromatic carbocycles. The molecule has 31 heavy (non-hydrogen) atoms. The van der Waals surface area contributed by atoms with Crippen LogP contribution in [0, 0.1) is 17.8 Å². The molecule has 8 heteroatoms. The smallest absolute Gasteiger partial charge is 0.239 e. The summed E-state index contributed by atoms with van der Waals surface area (Å²) < 4.78 is 25.9. The van der Waals surface area contributed by atoms with Crippen molar-refractivity contribution in [3.8, 4) is 23.5 Å². The summed E-state index contributed by atoms with van der Waals surface area (Å²) in [5.41, 5.74) is 4.30. The first-order chi connectivity index (χ1) is 14.8. The van der Waals surface area contributed by atoms with Crippen molar-refractivity contribution in [3.05, 3.63) is 47.3 Å². The number of carbonyl (C=O) groups excluding carboxylic acids is 1. The number of hydrogen-bond acceptors (Lipinski definition) is 5. The van der Waals surface area contributed by atoms with E-state index in [4.69, 9.17) is 6.42 Å². The summed E-state index contributed by atoms with van der Waals surface area (Å²) in [6.07, 6.45) is 11.5. The summed E-state index contributed by atoms with van der Waals surface area (Å²) in [7, 11) is -1.76. The van der Waals surface area contributed by atoms with E-state index in [1.807, 2.05) is 18.2 Å². The van der Waals surface area contributed by atoms with Crippen LogP contribution >= 0.6 is 0 Å². The van der Waals surface area contributed by atoms with Crippen molar-refractivity contribution in [3.63, 3.8) is 0 Å². The molecular formula is C23H24N4O3S. The maximum atomic E-state index is 13.0. The topological polar surface area (TPSA) is 91.4 Å². The minimum absolute atomic E-state index is 0.0272. The van der Waals surface area contributed by atoms with Gasteiger partial charge in [-0.3, -0.25) is 14.1 Å². The number of hydrogen-bond donors (Lipinski definition) is 2. The largest absolute Gasteiger partial charge is 0.349 e. The molecule has 0 bridgehead atoms. The third kappa shape index (κ3) is 3.11. The van der Waals surface area contributed by atoms with Crippen LogP contribution in [0.25, 0.3) is 11.1 Å². The fourth-order valence-corrected chi connectivity index (χ4v) is 6.46. The van der Waals surface area contributed by atoms with E-state index in [0.29, 0.717) is 17.7 Å². The Balaban J connectivity index is 1.59. The van der Waals surface area contributed by atoms with E-state index in [2.05, 4.69) is 21.5 Å². The molecule has 3 aliphatic heterocycles. The van der Waals surface area contributed by atoms with Crippen LogP contribution < -0.4 is 14.9 Å². The Morgan fingerprint density at radius 3 is 2.77 bits per heavy atom. The van der Waals surface area contributed by atoms with E-state index in [0.717, 1.165) is 48.2 Å². The molecule has 3 aliphatic rings. The third-order valence-corrected chi connectivity index (χ3v) is 8.63. The number of terminal acetylenes is 1. The summed E-state index contributed by atoms with van der Waals surface area (Å²) in [5.74, 6) is 2.79. The van der Waals surface area contributed by atoms with Crippen LogP contribution in [0.3, 0.4) is 0 Å². The highest BCUT2D eigenvalue weighted by atomic mass is 32.2. The molecule has 2 fully saturated rings. The van der Waals surface area contributed by atoms with Gasteiger partial charge in [-0.25, -0.2) is 8.42 Å². The Hall–Kier alpha value is -2.89. The second-order valence-electron chi connectivity index (χ2n) is 8.62. The molecule has 2 N–H and O–H groups in total. The maximum absolute atomic E-state index is 13.0. The van der Waals surface area contributed by atoms with Gasteiger partial charge in [-0.05, 0) is 55.6 Å². The molecule has 4 heterocycles. The van der Waals surface area contributed by atoms with Gasteiger partial charge >= 0.3 is 0 Å². The standard InChI is InChI=1S/C23H24N4O3S/c1-3-15-12-25-13-18(16-4-5-20-17(10-16)14-31(29,30)27(20)2)21(15)19-11-23(22(28)26-19)6-8-24-9-7-23/h1,4-5,10,12-13,19,24H,6-9,11,14H2,2H3,(H,26,28). The minimum atomic E-state index is -3.33. The Morgan fingerprint density at radius 1 is 1.26 bits per heavy atom. The van der Waals surface area contributed by atoms with Gasteiger partial charge in [-0.1, -0.05) is 12.0 Å². The van der Waals surface area contributed by atoms with Crippen molar-refractivity contribution in [2.45, 2.75) is 31.1 Å². The summed E-state index contributed by atoms with van der Waals surface area (Å²) in [6, 6.07) is 5.42. The lowest BCUT2D eigenvalue weighted by Gasteiger charge is -2.31. The average Bonchev–Trinajstić information content (AvgIpc) is 3.19. The van der Waals surface area contributed by atoms with Crippen LogP contribution in [0.4, 0.5) is 5.69 Å². The molecule has 5 rings (SSSR count). The van der Waals surface area contributed by atoms with Crippen molar-refractivity contribution in [2.75, 3.05) is 24.4 Å². The van der Waals surface area contributed by atoms with Crippen LogP contribution in [0.1, 0.15) is 42.0 Å². The SMILES string of the molecule is C#Cc1cncc(-c2ccc3c(c2)CS(=O)(=O)N3C)c1C1CC2(CCNCC2)C(=O)N1. The molecule has 1 spiro atoms. The van der Waals surface area contributed by atoms with Crippen LogP contribution in [0.5, 0.6) is 0 Å². The quantitative estimate of drug-likeness (QED) is 0.702. The summed E-state index contributed by atoms with van der Waals surface area (Å²) in [4.78, 5) is 17.3. The first-order valence-corrected chi connectivity index (χ1v) is 12.0. The van der Waals surface area contributed by atoms with Crippen LogP contribution in [0.2, 0.25) is 0 Å². The van der Waals surface area contributed by atoms with Gasteiger partial charge in [0.1, 0.15) is 0 Å². The number of piperidine rings is 1. The molecule has 1 unspecified atom stereocenters. The zero-order valence-corrected chi connectivity index (χ0v) is 18.1. The zero-order valence-electron chi connectivity index (χ0n) is 17.3. The number of nitrogens with one attached hydrogen (secondary N) is 2. The number of pyridine rings is 1. The number of amides is 1. The van der Waals surface area contributed by atoms with Crippen LogP contribution in [-0.2, 0) is 20.6 Å². The van der Waals surface area contributed by atoms with Gasteiger partial charge < -0.3 is 10.6 Å². The number of nitrogens with zero attached hydrogens (tertiary/aromatic N) is 2. The van der Waals surface area contributed by atoms with Gasteiger partial charge in [-0.2, -0.15) is 0 Å². The number of sulfonamides is 1. The Morgan fingerprint density at radius 2 is 2.03 bits per heavy atom. The normalized spacial score (nSPS) is 23.4. The average molecular weight is 437 g/mol. The predicted octanol–water partition coefficient (Wildman–Crippen LogP) is 1.94. The number of benzene rings is 1. The second kappa shape index (κ2) is 7.08. The molecular weight excluding hydrogens is 412 g/mol. The molecule has 0 aliphatic carbocycles. The Bertz CT molecular complexity index is 1230. The maximum Gasteiger partial charge on any atom is 0.239 e.